The Balaban J connectivity index is 0.000000419. The lowest BCUT2D eigenvalue weighted by molar-refractivity contribution is -0.118. The van der Waals surface area contributed by atoms with Crippen molar-refractivity contribution in [1.82, 2.24) is 0 Å². The summed E-state index contributed by atoms with van der Waals surface area (Å²) in [6.07, 6.45) is 13.5. The molecule has 28 heavy (non-hydrogen) atoms. The summed E-state index contributed by atoms with van der Waals surface area (Å²) in [5.74, 6) is -11.4. The van der Waals surface area contributed by atoms with Gasteiger partial charge in [0.15, 0.2) is 5.75 Å². The molecular formula is C20H27F5O3. The molecule has 0 N–H and O–H groups in total. The number of aldehydes is 1. The molecule has 0 aliphatic heterocycles. The number of ketones is 1. The van der Waals surface area contributed by atoms with E-state index in [4.69, 9.17) is 0 Å². The number of carbonyl (C=O) groups is 2. The van der Waals surface area contributed by atoms with Crippen LogP contribution in [0, 0.1) is 29.1 Å². The molecule has 3 nitrogen and oxygen atoms in total. The maximum Gasteiger partial charge on any atom is 0.206 e. The molecule has 0 spiro atoms. The Morgan fingerprint density at radius 3 is 1.32 bits per heavy atom. The van der Waals surface area contributed by atoms with Gasteiger partial charge in [0.1, 0.15) is 12.1 Å². The van der Waals surface area contributed by atoms with Crippen LogP contribution in [0.15, 0.2) is 0 Å². The molecule has 0 atom stereocenters. The fourth-order valence-corrected chi connectivity index (χ4v) is 2.44. The number of hydrogen-bond acceptors (Lipinski definition) is 3. The molecule has 0 bridgehead atoms. The van der Waals surface area contributed by atoms with Crippen molar-refractivity contribution in [3.8, 4) is 5.75 Å². The number of hydrogen-bond donors (Lipinski definition) is 0. The Bertz CT molecular complexity index is 567. The van der Waals surface area contributed by atoms with E-state index >= 15 is 0 Å². The smallest absolute Gasteiger partial charge is 0.206 e. The van der Waals surface area contributed by atoms with Crippen LogP contribution >= 0.6 is 0 Å². The van der Waals surface area contributed by atoms with E-state index in [-0.39, 0.29) is 5.78 Å². The zero-order valence-electron chi connectivity index (χ0n) is 16.3. The number of methoxy groups -OCH3 is 1. The van der Waals surface area contributed by atoms with Gasteiger partial charge in [0.25, 0.3) is 0 Å². The molecule has 1 aromatic rings. The highest BCUT2D eigenvalue weighted by atomic mass is 19.2. The third-order valence-corrected chi connectivity index (χ3v) is 3.99. The molecule has 1 aromatic carbocycles. The van der Waals surface area contributed by atoms with Crippen LogP contribution in [-0.4, -0.2) is 19.2 Å². The topological polar surface area (TPSA) is 43.4 Å². The van der Waals surface area contributed by atoms with E-state index in [2.05, 4.69) is 4.74 Å². The van der Waals surface area contributed by atoms with Crippen molar-refractivity contribution in [2.45, 2.75) is 71.1 Å². The number of ether oxygens (including phenoxy) is 1. The molecule has 1 fully saturated rings. The van der Waals surface area contributed by atoms with Crippen LogP contribution in [0.25, 0.3) is 0 Å². The van der Waals surface area contributed by atoms with Crippen LogP contribution in [-0.2, 0) is 9.59 Å². The first-order chi connectivity index (χ1) is 13.3. The summed E-state index contributed by atoms with van der Waals surface area (Å²) in [5, 5.41) is 0. The minimum absolute atomic E-state index is 0.0760. The maximum absolute atomic E-state index is 12.6. The highest BCUT2D eigenvalue weighted by Gasteiger charge is 2.26. The quantitative estimate of drug-likeness (QED) is 0.262. The Kier molecular flexibility index (Phi) is 13.9. The number of halogens is 5. The summed E-state index contributed by atoms with van der Waals surface area (Å²) in [7, 11) is 0.804. The molecule has 0 amide bonds. The van der Waals surface area contributed by atoms with Gasteiger partial charge in [0, 0.05) is 12.8 Å². The van der Waals surface area contributed by atoms with E-state index in [1.54, 1.807) is 0 Å². The van der Waals surface area contributed by atoms with E-state index in [0.717, 1.165) is 13.4 Å². The van der Waals surface area contributed by atoms with Crippen LogP contribution < -0.4 is 4.74 Å². The average molecular weight is 410 g/mol. The second kappa shape index (κ2) is 15.0. The second-order valence-electron chi connectivity index (χ2n) is 6.34. The highest BCUT2D eigenvalue weighted by molar-refractivity contribution is 5.77. The lowest BCUT2D eigenvalue weighted by Gasteiger charge is -2.05. The van der Waals surface area contributed by atoms with E-state index in [0.29, 0.717) is 12.8 Å². The number of Topliss-reactive ketones (excluding diaryl/α,β-unsaturated/α-hetero) is 1. The third kappa shape index (κ3) is 9.80. The summed E-state index contributed by atoms with van der Waals surface area (Å²) < 4.78 is 66.2. The Morgan fingerprint density at radius 1 is 0.786 bits per heavy atom. The molecule has 1 aliphatic carbocycles. The Hall–Kier alpha value is -1.99. The summed E-state index contributed by atoms with van der Waals surface area (Å²) in [6, 6.07) is 0. The fraction of sp³-hybridized carbons (Fsp3) is 0.600. The Morgan fingerprint density at radius 2 is 1.11 bits per heavy atom. The molecule has 0 aromatic heterocycles. The fourth-order valence-electron chi connectivity index (χ4n) is 2.44. The van der Waals surface area contributed by atoms with E-state index in [1.165, 1.54) is 58.3 Å². The van der Waals surface area contributed by atoms with E-state index < -0.39 is 34.8 Å². The molecule has 0 unspecified atom stereocenters. The summed E-state index contributed by atoms with van der Waals surface area (Å²) in [6.45, 7) is 1.48. The zero-order valence-corrected chi connectivity index (χ0v) is 16.3. The van der Waals surface area contributed by atoms with Gasteiger partial charge in [-0.3, -0.25) is 0 Å². The molecule has 0 saturated heterocycles. The standard InChI is InChI=1S/C8H16.C7H3F5O.C5H8O2/c1-2-4-6-8-7-5-3-1;1-13-7-5(11)3(9)2(8)4(10)6(7)12;1-5(7)3-2-4-6/h1-8H2;1H3;4H,2-3H2,1H3. The summed E-state index contributed by atoms with van der Waals surface area (Å²) in [4.78, 5) is 19.6. The molecule has 2 rings (SSSR count). The van der Waals surface area contributed by atoms with Crippen LogP contribution in [0.2, 0.25) is 0 Å². The molecular weight excluding hydrogens is 383 g/mol. The number of benzene rings is 1. The molecule has 1 saturated carbocycles. The number of carbonyl (C=O) groups excluding carboxylic acids is 2. The van der Waals surface area contributed by atoms with Crippen LogP contribution in [0.1, 0.15) is 71.1 Å². The van der Waals surface area contributed by atoms with Crippen molar-refractivity contribution in [2.24, 2.45) is 0 Å². The largest absolute Gasteiger partial charge is 0.491 e. The van der Waals surface area contributed by atoms with Crippen LogP contribution in [0.3, 0.4) is 0 Å². The van der Waals surface area contributed by atoms with Crippen molar-refractivity contribution in [3.63, 3.8) is 0 Å². The van der Waals surface area contributed by atoms with Gasteiger partial charge in [-0.2, -0.15) is 8.78 Å². The molecule has 0 radical (unpaired) electrons. The van der Waals surface area contributed by atoms with Gasteiger partial charge in [-0.05, 0) is 6.92 Å². The predicted molar refractivity (Wildman–Crippen MR) is 95.7 cm³/mol. The first-order valence-electron chi connectivity index (χ1n) is 9.26. The summed E-state index contributed by atoms with van der Waals surface area (Å²) in [5.41, 5.74) is 0. The predicted octanol–water partition coefficient (Wildman–Crippen LogP) is 6.07. The van der Waals surface area contributed by atoms with Crippen molar-refractivity contribution in [2.75, 3.05) is 7.11 Å². The normalized spacial score (nSPS) is 13.7. The first kappa shape index (κ1) is 26.0. The lowest BCUT2D eigenvalue weighted by atomic mass is 10.0. The number of rotatable bonds is 4. The SMILES string of the molecule is C1CCCCCCC1.CC(=O)CCC=O.COc1c(F)c(F)c(F)c(F)c1F. The van der Waals surface area contributed by atoms with Gasteiger partial charge in [-0.1, -0.05) is 51.4 Å². The van der Waals surface area contributed by atoms with Crippen molar-refractivity contribution >= 4 is 12.1 Å². The highest BCUT2D eigenvalue weighted by Crippen LogP contribution is 2.28. The minimum atomic E-state index is -2.20. The molecule has 0 heterocycles. The van der Waals surface area contributed by atoms with Crippen LogP contribution in [0.4, 0.5) is 22.0 Å². The maximum atomic E-state index is 12.6. The van der Waals surface area contributed by atoms with Gasteiger partial charge in [0.05, 0.1) is 7.11 Å². The average Bonchev–Trinajstić information content (AvgIpc) is 2.64. The van der Waals surface area contributed by atoms with Gasteiger partial charge < -0.3 is 14.3 Å². The van der Waals surface area contributed by atoms with Gasteiger partial charge >= 0.3 is 0 Å². The summed E-state index contributed by atoms with van der Waals surface area (Å²) >= 11 is 0. The zero-order chi connectivity index (χ0) is 21.5. The minimum Gasteiger partial charge on any atom is -0.491 e. The van der Waals surface area contributed by atoms with Crippen molar-refractivity contribution < 1.29 is 36.3 Å². The molecule has 1 aliphatic rings. The lowest BCUT2D eigenvalue weighted by Crippen LogP contribution is -2.04. The van der Waals surface area contributed by atoms with Crippen molar-refractivity contribution in [1.29, 1.82) is 0 Å². The van der Waals surface area contributed by atoms with Crippen LogP contribution in [0.5, 0.6) is 5.75 Å². The van der Waals surface area contributed by atoms with Gasteiger partial charge in [0.2, 0.25) is 29.1 Å². The second-order valence-corrected chi connectivity index (χ2v) is 6.34. The monoisotopic (exact) mass is 410 g/mol. The molecule has 8 heteroatoms. The Labute approximate surface area is 162 Å². The third-order valence-electron chi connectivity index (χ3n) is 3.99. The van der Waals surface area contributed by atoms with E-state index in [1.807, 2.05) is 0 Å². The molecule has 160 valence electrons. The van der Waals surface area contributed by atoms with Gasteiger partial charge in [-0.15, -0.1) is 0 Å². The first-order valence-corrected chi connectivity index (χ1v) is 9.26. The van der Waals surface area contributed by atoms with E-state index in [9.17, 15) is 31.5 Å². The van der Waals surface area contributed by atoms with Gasteiger partial charge in [-0.25, -0.2) is 13.2 Å². The van der Waals surface area contributed by atoms with Crippen molar-refractivity contribution in [3.05, 3.63) is 29.1 Å².